The molecule has 0 spiro atoms. The van der Waals surface area contributed by atoms with Crippen LogP contribution in [0.1, 0.15) is 15.7 Å². The predicted octanol–water partition coefficient (Wildman–Crippen LogP) is 4.93. The normalized spacial score (nSPS) is 14.8. The van der Waals surface area contributed by atoms with Crippen molar-refractivity contribution in [1.29, 1.82) is 0 Å². The second-order valence-electron chi connectivity index (χ2n) is 5.29. The van der Waals surface area contributed by atoms with Crippen LogP contribution in [-0.4, -0.2) is 24.6 Å². The molecule has 1 fully saturated rings. The van der Waals surface area contributed by atoms with Crippen molar-refractivity contribution in [3.8, 4) is 11.5 Å². The van der Waals surface area contributed by atoms with E-state index in [9.17, 15) is 9.18 Å². The SMILES string of the molecule is COc1cc(C2SCCS2)ccc1OC(=O)/C=C/c1cccc(F)c1. The fraction of sp³-hybridized carbons (Fsp3) is 0.211. The molecule has 6 heteroatoms. The minimum Gasteiger partial charge on any atom is -0.493 e. The summed E-state index contributed by atoms with van der Waals surface area (Å²) < 4.78 is 24.2. The van der Waals surface area contributed by atoms with Crippen LogP contribution in [0.25, 0.3) is 6.08 Å². The van der Waals surface area contributed by atoms with Crippen LogP contribution in [0.2, 0.25) is 0 Å². The van der Waals surface area contributed by atoms with Crippen molar-refractivity contribution in [2.45, 2.75) is 4.58 Å². The van der Waals surface area contributed by atoms with Crippen LogP contribution in [0.5, 0.6) is 11.5 Å². The van der Waals surface area contributed by atoms with Crippen LogP contribution in [0, 0.1) is 5.82 Å². The summed E-state index contributed by atoms with van der Waals surface area (Å²) in [6.07, 6.45) is 2.78. The summed E-state index contributed by atoms with van der Waals surface area (Å²) in [6.45, 7) is 0. The van der Waals surface area contributed by atoms with E-state index >= 15 is 0 Å². The van der Waals surface area contributed by atoms with Gasteiger partial charge < -0.3 is 9.47 Å². The van der Waals surface area contributed by atoms with Gasteiger partial charge in [0.05, 0.1) is 11.7 Å². The lowest BCUT2D eigenvalue weighted by Crippen LogP contribution is -2.05. The number of thioether (sulfide) groups is 2. The Morgan fingerprint density at radius 1 is 1.16 bits per heavy atom. The zero-order chi connectivity index (χ0) is 17.6. The van der Waals surface area contributed by atoms with E-state index in [0.29, 0.717) is 21.6 Å². The molecule has 3 rings (SSSR count). The molecule has 2 aromatic carbocycles. The van der Waals surface area contributed by atoms with Crippen LogP contribution in [0.3, 0.4) is 0 Å². The Bertz CT molecular complexity index is 786. The number of methoxy groups -OCH3 is 1. The molecule has 0 atom stereocenters. The molecular formula is C19H17FO3S2. The fourth-order valence-electron chi connectivity index (χ4n) is 2.38. The summed E-state index contributed by atoms with van der Waals surface area (Å²) in [4.78, 5) is 12.0. The molecule has 0 radical (unpaired) electrons. The Labute approximate surface area is 154 Å². The van der Waals surface area contributed by atoms with Gasteiger partial charge in [0.25, 0.3) is 0 Å². The molecule has 1 aliphatic rings. The zero-order valence-electron chi connectivity index (χ0n) is 13.6. The highest BCUT2D eigenvalue weighted by molar-refractivity contribution is 8.19. The van der Waals surface area contributed by atoms with Crippen molar-refractivity contribution in [2.75, 3.05) is 18.6 Å². The van der Waals surface area contributed by atoms with Crippen LogP contribution < -0.4 is 9.47 Å². The molecule has 1 heterocycles. The van der Waals surface area contributed by atoms with Crippen molar-refractivity contribution >= 4 is 35.6 Å². The topological polar surface area (TPSA) is 35.5 Å². The average Bonchev–Trinajstić information content (AvgIpc) is 3.15. The average molecular weight is 376 g/mol. The van der Waals surface area contributed by atoms with Crippen molar-refractivity contribution in [3.05, 3.63) is 65.5 Å². The maximum atomic E-state index is 13.1. The largest absolute Gasteiger partial charge is 0.493 e. The van der Waals surface area contributed by atoms with Gasteiger partial charge in [-0.2, -0.15) is 0 Å². The molecule has 0 saturated carbocycles. The van der Waals surface area contributed by atoms with Crippen molar-refractivity contribution in [1.82, 2.24) is 0 Å². The van der Waals surface area contributed by atoms with Crippen LogP contribution in [-0.2, 0) is 4.79 Å². The van der Waals surface area contributed by atoms with Gasteiger partial charge in [-0.1, -0.05) is 18.2 Å². The van der Waals surface area contributed by atoms with Gasteiger partial charge in [-0.15, -0.1) is 23.5 Å². The monoisotopic (exact) mass is 376 g/mol. The van der Waals surface area contributed by atoms with Crippen LogP contribution >= 0.6 is 23.5 Å². The molecule has 2 aromatic rings. The minimum absolute atomic E-state index is 0.351. The van der Waals surface area contributed by atoms with E-state index in [0.717, 1.165) is 17.1 Å². The first-order valence-electron chi connectivity index (χ1n) is 7.72. The quantitative estimate of drug-likeness (QED) is 0.420. The van der Waals surface area contributed by atoms with Crippen molar-refractivity contribution < 1.29 is 18.7 Å². The van der Waals surface area contributed by atoms with E-state index in [1.807, 2.05) is 35.7 Å². The summed E-state index contributed by atoms with van der Waals surface area (Å²) in [5.74, 6) is 2.28. The molecule has 0 unspecified atom stereocenters. The number of halogens is 1. The van der Waals surface area contributed by atoms with Gasteiger partial charge in [0.1, 0.15) is 5.82 Å². The summed E-state index contributed by atoms with van der Waals surface area (Å²) in [6, 6.07) is 11.6. The van der Waals surface area contributed by atoms with E-state index in [2.05, 4.69) is 0 Å². The number of carbonyl (C=O) groups excluding carboxylic acids is 1. The highest BCUT2D eigenvalue weighted by Crippen LogP contribution is 2.46. The van der Waals surface area contributed by atoms with Gasteiger partial charge in [0, 0.05) is 17.6 Å². The zero-order valence-corrected chi connectivity index (χ0v) is 15.2. The van der Waals surface area contributed by atoms with Gasteiger partial charge in [0.2, 0.25) is 0 Å². The van der Waals surface area contributed by atoms with E-state index in [4.69, 9.17) is 9.47 Å². The van der Waals surface area contributed by atoms with Gasteiger partial charge in [-0.3, -0.25) is 0 Å². The standard InChI is InChI=1S/C19H17FO3S2/c1-22-17-12-14(19-24-9-10-25-19)6-7-16(17)23-18(21)8-5-13-3-2-4-15(20)11-13/h2-8,11-12,19H,9-10H2,1H3/b8-5+. The fourth-order valence-corrected chi connectivity index (χ4v) is 5.22. The molecule has 130 valence electrons. The third kappa shape index (κ3) is 4.80. The number of ether oxygens (including phenoxy) is 2. The first-order chi connectivity index (χ1) is 12.2. The summed E-state index contributed by atoms with van der Waals surface area (Å²) in [5.41, 5.74) is 1.74. The number of esters is 1. The highest BCUT2D eigenvalue weighted by atomic mass is 32.2. The van der Waals surface area contributed by atoms with E-state index < -0.39 is 5.97 Å². The van der Waals surface area contributed by atoms with E-state index in [1.54, 1.807) is 25.3 Å². The maximum Gasteiger partial charge on any atom is 0.336 e. The van der Waals surface area contributed by atoms with Crippen LogP contribution in [0.15, 0.2) is 48.5 Å². The number of hydrogen-bond acceptors (Lipinski definition) is 5. The van der Waals surface area contributed by atoms with Gasteiger partial charge in [0.15, 0.2) is 11.5 Å². The minimum atomic E-state index is -0.542. The number of rotatable bonds is 5. The van der Waals surface area contributed by atoms with E-state index in [-0.39, 0.29) is 5.82 Å². The third-order valence-corrected chi connectivity index (χ3v) is 6.66. The lowest BCUT2D eigenvalue weighted by molar-refractivity contribution is -0.129. The van der Waals surface area contributed by atoms with Gasteiger partial charge in [-0.05, 0) is 41.5 Å². The number of hydrogen-bond donors (Lipinski definition) is 0. The predicted molar refractivity (Wildman–Crippen MR) is 102 cm³/mol. The Kier molecular flexibility index (Phi) is 6.04. The van der Waals surface area contributed by atoms with E-state index in [1.165, 1.54) is 24.3 Å². The summed E-state index contributed by atoms with van der Waals surface area (Å²) in [7, 11) is 1.55. The Morgan fingerprint density at radius 2 is 1.96 bits per heavy atom. The van der Waals surface area contributed by atoms with Crippen molar-refractivity contribution in [2.24, 2.45) is 0 Å². The van der Waals surface area contributed by atoms with Gasteiger partial charge in [-0.25, -0.2) is 9.18 Å². The van der Waals surface area contributed by atoms with Gasteiger partial charge >= 0.3 is 5.97 Å². The molecule has 3 nitrogen and oxygen atoms in total. The van der Waals surface area contributed by atoms with Crippen molar-refractivity contribution in [3.63, 3.8) is 0 Å². The smallest absolute Gasteiger partial charge is 0.336 e. The summed E-state index contributed by atoms with van der Waals surface area (Å²) >= 11 is 3.80. The molecular weight excluding hydrogens is 359 g/mol. The molecule has 0 aliphatic carbocycles. The molecule has 25 heavy (non-hydrogen) atoms. The highest BCUT2D eigenvalue weighted by Gasteiger charge is 2.20. The second-order valence-corrected chi connectivity index (χ2v) is 8.02. The lowest BCUT2D eigenvalue weighted by Gasteiger charge is -2.13. The third-order valence-electron chi connectivity index (χ3n) is 3.55. The maximum absolute atomic E-state index is 13.1. The molecule has 0 amide bonds. The second kappa shape index (κ2) is 8.45. The molecule has 0 bridgehead atoms. The molecule has 0 N–H and O–H groups in total. The Morgan fingerprint density at radius 3 is 2.68 bits per heavy atom. The number of benzene rings is 2. The Balaban J connectivity index is 1.69. The van der Waals surface area contributed by atoms with Crippen LogP contribution in [0.4, 0.5) is 4.39 Å². The molecule has 1 aliphatic heterocycles. The Hall–Kier alpha value is -1.92. The molecule has 0 aromatic heterocycles. The first-order valence-corrected chi connectivity index (χ1v) is 9.82. The lowest BCUT2D eigenvalue weighted by atomic mass is 10.2. The number of carbonyl (C=O) groups is 1. The molecule has 1 saturated heterocycles. The summed E-state index contributed by atoms with van der Waals surface area (Å²) in [5, 5.41) is 0. The first kappa shape index (κ1) is 17.9.